The number of anilines is 1. The summed E-state index contributed by atoms with van der Waals surface area (Å²) in [6.45, 7) is 2.34. The molecule has 148 valence electrons. The van der Waals surface area contributed by atoms with Crippen molar-refractivity contribution < 1.29 is 22.7 Å². The summed E-state index contributed by atoms with van der Waals surface area (Å²) in [6.07, 6.45) is 0.671. The summed E-state index contributed by atoms with van der Waals surface area (Å²) in [5.74, 6) is 0.225. The second kappa shape index (κ2) is 7.83. The number of carbonyl (C=O) groups is 1. The highest BCUT2D eigenvalue weighted by atomic mass is 19.4. The van der Waals surface area contributed by atoms with Gasteiger partial charge < -0.3 is 10.1 Å². The molecule has 0 saturated heterocycles. The van der Waals surface area contributed by atoms with Crippen molar-refractivity contribution in [1.29, 1.82) is 0 Å². The van der Waals surface area contributed by atoms with Gasteiger partial charge in [-0.2, -0.15) is 18.3 Å². The molecule has 3 rings (SSSR count). The molecule has 0 saturated carbocycles. The Balaban J connectivity index is 1.78. The molecule has 0 aliphatic heterocycles. The van der Waals surface area contributed by atoms with E-state index < -0.39 is 12.8 Å². The lowest BCUT2D eigenvalue weighted by Gasteiger charge is -2.11. The standard InChI is InChI=1S/C18H18F3N5O2/c1-3-15(27)24-16-13-9-26(25-14(13)4-5-22-16)8-12-6-11(2)17(23-7-12)28-10-18(19,20)21/h4-7,9H,3,8,10H2,1-2H3,(H,22,24,27). The molecule has 28 heavy (non-hydrogen) atoms. The van der Waals surface area contributed by atoms with Gasteiger partial charge in [-0.25, -0.2) is 9.97 Å². The van der Waals surface area contributed by atoms with Crippen molar-refractivity contribution in [2.45, 2.75) is 33.0 Å². The van der Waals surface area contributed by atoms with Gasteiger partial charge in [-0.3, -0.25) is 9.48 Å². The van der Waals surface area contributed by atoms with Gasteiger partial charge in [0.25, 0.3) is 0 Å². The summed E-state index contributed by atoms with van der Waals surface area (Å²) in [7, 11) is 0. The van der Waals surface area contributed by atoms with Crippen molar-refractivity contribution in [2.75, 3.05) is 11.9 Å². The number of amides is 1. The Kier molecular flexibility index (Phi) is 5.48. The number of aromatic nitrogens is 4. The third kappa shape index (κ3) is 4.76. The summed E-state index contributed by atoms with van der Waals surface area (Å²) in [5, 5.41) is 7.86. The van der Waals surface area contributed by atoms with Crippen molar-refractivity contribution >= 4 is 22.6 Å². The number of halogens is 3. The van der Waals surface area contributed by atoms with E-state index in [1.807, 2.05) is 0 Å². The van der Waals surface area contributed by atoms with E-state index in [-0.39, 0.29) is 11.8 Å². The number of carbonyl (C=O) groups excluding carboxylic acids is 1. The fourth-order valence-corrected chi connectivity index (χ4v) is 2.59. The molecule has 0 atom stereocenters. The molecule has 10 heteroatoms. The molecule has 3 heterocycles. The Morgan fingerprint density at radius 2 is 2.11 bits per heavy atom. The average Bonchev–Trinajstić information content (AvgIpc) is 3.03. The van der Waals surface area contributed by atoms with Crippen LogP contribution in [0.15, 0.2) is 30.7 Å². The molecule has 0 aliphatic carbocycles. The number of pyridine rings is 2. The van der Waals surface area contributed by atoms with E-state index in [1.54, 1.807) is 43.1 Å². The van der Waals surface area contributed by atoms with E-state index in [9.17, 15) is 18.0 Å². The zero-order valence-corrected chi connectivity index (χ0v) is 15.2. The van der Waals surface area contributed by atoms with Gasteiger partial charge in [0.2, 0.25) is 11.8 Å². The van der Waals surface area contributed by atoms with Crippen LogP contribution in [0.25, 0.3) is 10.9 Å². The molecule has 3 aromatic rings. The van der Waals surface area contributed by atoms with Crippen LogP contribution >= 0.6 is 0 Å². The van der Waals surface area contributed by atoms with Gasteiger partial charge in [0.15, 0.2) is 6.61 Å². The predicted molar refractivity (Wildman–Crippen MR) is 96.1 cm³/mol. The normalized spacial score (nSPS) is 11.6. The number of alkyl halides is 3. The van der Waals surface area contributed by atoms with Crippen LogP contribution in [0.3, 0.4) is 0 Å². The molecular weight excluding hydrogens is 375 g/mol. The molecule has 0 spiro atoms. The molecule has 0 aromatic carbocycles. The number of fused-ring (bicyclic) bond motifs is 1. The molecule has 0 unspecified atom stereocenters. The van der Waals surface area contributed by atoms with Crippen LogP contribution in [0.2, 0.25) is 0 Å². The van der Waals surface area contributed by atoms with E-state index in [1.165, 1.54) is 6.20 Å². The van der Waals surface area contributed by atoms with Crippen LogP contribution in [0, 0.1) is 6.92 Å². The highest BCUT2D eigenvalue weighted by Gasteiger charge is 2.29. The largest absolute Gasteiger partial charge is 0.468 e. The lowest BCUT2D eigenvalue weighted by molar-refractivity contribution is -0.154. The summed E-state index contributed by atoms with van der Waals surface area (Å²) < 4.78 is 43.2. The van der Waals surface area contributed by atoms with Crippen molar-refractivity contribution in [3.8, 4) is 5.88 Å². The summed E-state index contributed by atoms with van der Waals surface area (Å²) in [6, 6.07) is 3.42. The monoisotopic (exact) mass is 393 g/mol. The van der Waals surface area contributed by atoms with Crippen molar-refractivity contribution in [3.05, 3.63) is 41.9 Å². The van der Waals surface area contributed by atoms with Crippen LogP contribution in [0.4, 0.5) is 19.0 Å². The van der Waals surface area contributed by atoms with Gasteiger partial charge in [-0.05, 0) is 24.6 Å². The summed E-state index contributed by atoms with van der Waals surface area (Å²) in [4.78, 5) is 19.8. The zero-order valence-electron chi connectivity index (χ0n) is 15.2. The van der Waals surface area contributed by atoms with Gasteiger partial charge in [-0.1, -0.05) is 6.92 Å². The average molecular weight is 393 g/mol. The lowest BCUT2D eigenvalue weighted by atomic mass is 10.2. The molecule has 7 nitrogen and oxygen atoms in total. The molecule has 3 aromatic heterocycles. The highest BCUT2D eigenvalue weighted by Crippen LogP contribution is 2.22. The SMILES string of the molecule is CCC(=O)Nc1nccc2nn(Cc3cnc(OCC(F)(F)F)c(C)c3)cc12. The van der Waals surface area contributed by atoms with Crippen LogP contribution in [0.5, 0.6) is 5.88 Å². The molecule has 1 N–H and O–H groups in total. The topological polar surface area (TPSA) is 81.9 Å². The fraction of sp³-hybridized carbons (Fsp3) is 0.333. The van der Waals surface area contributed by atoms with Crippen molar-refractivity contribution in [3.63, 3.8) is 0 Å². The smallest absolute Gasteiger partial charge is 0.422 e. The van der Waals surface area contributed by atoms with Gasteiger partial charge in [0.05, 0.1) is 17.4 Å². The van der Waals surface area contributed by atoms with Crippen molar-refractivity contribution in [2.24, 2.45) is 0 Å². The third-order valence-corrected chi connectivity index (χ3v) is 3.86. The molecule has 0 bridgehead atoms. The highest BCUT2D eigenvalue weighted by molar-refractivity contribution is 5.98. The second-order valence-corrected chi connectivity index (χ2v) is 6.19. The number of ether oxygens (including phenoxy) is 1. The number of hydrogen-bond acceptors (Lipinski definition) is 5. The Morgan fingerprint density at radius 1 is 1.32 bits per heavy atom. The van der Waals surface area contributed by atoms with Gasteiger partial charge >= 0.3 is 6.18 Å². The Morgan fingerprint density at radius 3 is 2.79 bits per heavy atom. The van der Waals surface area contributed by atoms with E-state index in [0.29, 0.717) is 35.2 Å². The van der Waals surface area contributed by atoms with Gasteiger partial charge in [0, 0.05) is 30.6 Å². The van der Waals surface area contributed by atoms with Gasteiger partial charge in [-0.15, -0.1) is 0 Å². The van der Waals surface area contributed by atoms with E-state index >= 15 is 0 Å². The van der Waals surface area contributed by atoms with Crippen LogP contribution < -0.4 is 10.1 Å². The maximum atomic E-state index is 12.3. The number of hydrogen-bond donors (Lipinski definition) is 1. The maximum Gasteiger partial charge on any atom is 0.422 e. The maximum absolute atomic E-state index is 12.3. The first-order valence-electron chi connectivity index (χ1n) is 8.52. The van der Waals surface area contributed by atoms with Crippen LogP contribution in [-0.2, 0) is 11.3 Å². The minimum atomic E-state index is -4.42. The number of nitrogens with zero attached hydrogens (tertiary/aromatic N) is 4. The lowest BCUT2D eigenvalue weighted by Crippen LogP contribution is -2.20. The first kappa shape index (κ1) is 19.6. The Hall–Kier alpha value is -3.17. The third-order valence-electron chi connectivity index (χ3n) is 3.86. The number of aryl methyl sites for hydroxylation is 1. The predicted octanol–water partition coefficient (Wildman–Crippen LogP) is 3.47. The van der Waals surface area contributed by atoms with Crippen molar-refractivity contribution in [1.82, 2.24) is 19.7 Å². The molecular formula is C18H18F3N5O2. The molecule has 0 aliphatic rings. The quantitative estimate of drug-likeness (QED) is 0.694. The number of nitrogens with one attached hydrogen (secondary N) is 1. The first-order valence-corrected chi connectivity index (χ1v) is 8.52. The molecule has 0 fully saturated rings. The minimum absolute atomic E-state index is 0.0551. The van der Waals surface area contributed by atoms with E-state index in [0.717, 1.165) is 5.56 Å². The summed E-state index contributed by atoms with van der Waals surface area (Å²) >= 11 is 0. The minimum Gasteiger partial charge on any atom is -0.468 e. The summed E-state index contributed by atoms with van der Waals surface area (Å²) in [5.41, 5.74) is 1.91. The van der Waals surface area contributed by atoms with Gasteiger partial charge in [0.1, 0.15) is 5.82 Å². The zero-order chi connectivity index (χ0) is 20.3. The Bertz CT molecular complexity index is 1000. The number of rotatable bonds is 6. The molecule has 1 amide bonds. The van der Waals surface area contributed by atoms with Crippen LogP contribution in [0.1, 0.15) is 24.5 Å². The van der Waals surface area contributed by atoms with E-state index in [4.69, 9.17) is 4.74 Å². The second-order valence-electron chi connectivity index (χ2n) is 6.19. The first-order chi connectivity index (χ1) is 13.2. The van der Waals surface area contributed by atoms with Crippen LogP contribution in [-0.4, -0.2) is 38.4 Å². The Labute approximate surface area is 158 Å². The van der Waals surface area contributed by atoms with E-state index in [2.05, 4.69) is 20.4 Å². The molecule has 0 radical (unpaired) electrons. The fourth-order valence-electron chi connectivity index (χ4n) is 2.59.